The van der Waals surface area contributed by atoms with Crippen LogP contribution in [0.5, 0.6) is 11.5 Å². The third-order valence-electron chi connectivity index (χ3n) is 4.07. The maximum atomic E-state index is 11.4. The van der Waals surface area contributed by atoms with Gasteiger partial charge >= 0.3 is 0 Å². The van der Waals surface area contributed by atoms with E-state index in [-0.39, 0.29) is 11.9 Å². The molecule has 1 heterocycles. The molecule has 0 bridgehead atoms. The second-order valence-corrected chi connectivity index (χ2v) is 5.87. The molecule has 1 aromatic carbocycles. The Balaban J connectivity index is 2.02. The zero-order valence-electron chi connectivity index (χ0n) is 13.4. The fraction of sp³-hybridized carbons (Fsp3) is 0.588. The van der Waals surface area contributed by atoms with E-state index in [4.69, 9.17) is 9.47 Å². The van der Waals surface area contributed by atoms with E-state index in [0.29, 0.717) is 17.4 Å². The minimum absolute atomic E-state index is 0.0325. The molecule has 4 heteroatoms. The van der Waals surface area contributed by atoms with Crippen LogP contribution >= 0.6 is 0 Å². The first-order valence-electron chi connectivity index (χ1n) is 7.61. The van der Waals surface area contributed by atoms with E-state index in [1.165, 1.54) is 0 Å². The van der Waals surface area contributed by atoms with Crippen molar-refractivity contribution in [1.82, 2.24) is 4.90 Å². The monoisotopic (exact) mass is 291 g/mol. The number of methoxy groups -OCH3 is 1. The Hall–Kier alpha value is -1.55. The number of rotatable bonds is 5. The standard InChI is InChI=1S/C17H25NO3/c1-12(2)18-9-7-15(8-10-18)21-16-6-5-14(13(3)19)11-17(16)20-4/h5-6,11-12,15H,7-10H2,1-4H3. The van der Waals surface area contributed by atoms with Crippen molar-refractivity contribution in [1.29, 1.82) is 0 Å². The minimum Gasteiger partial charge on any atom is -0.493 e. The van der Waals surface area contributed by atoms with E-state index in [1.54, 1.807) is 26.2 Å². The van der Waals surface area contributed by atoms with E-state index in [2.05, 4.69) is 18.7 Å². The molecule has 2 rings (SSSR count). The number of ether oxygens (including phenoxy) is 2. The van der Waals surface area contributed by atoms with Crippen LogP contribution in [0, 0.1) is 0 Å². The van der Waals surface area contributed by atoms with Crippen molar-refractivity contribution < 1.29 is 14.3 Å². The van der Waals surface area contributed by atoms with Gasteiger partial charge in [0.2, 0.25) is 0 Å². The van der Waals surface area contributed by atoms with E-state index in [1.807, 2.05) is 6.07 Å². The number of benzene rings is 1. The first kappa shape index (κ1) is 15.8. The van der Waals surface area contributed by atoms with Crippen LogP contribution in [0.4, 0.5) is 0 Å². The van der Waals surface area contributed by atoms with E-state index in [9.17, 15) is 4.79 Å². The second kappa shape index (κ2) is 6.94. The molecule has 1 aromatic rings. The zero-order chi connectivity index (χ0) is 15.4. The highest BCUT2D eigenvalue weighted by Crippen LogP contribution is 2.31. The van der Waals surface area contributed by atoms with Gasteiger partial charge in [0, 0.05) is 24.7 Å². The van der Waals surface area contributed by atoms with Crippen molar-refractivity contribution in [3.8, 4) is 11.5 Å². The van der Waals surface area contributed by atoms with Gasteiger partial charge < -0.3 is 14.4 Å². The van der Waals surface area contributed by atoms with Gasteiger partial charge in [0.15, 0.2) is 17.3 Å². The minimum atomic E-state index is 0.0325. The van der Waals surface area contributed by atoms with Crippen molar-refractivity contribution in [2.45, 2.75) is 45.8 Å². The molecule has 0 unspecified atom stereocenters. The number of carbonyl (C=O) groups is 1. The summed E-state index contributed by atoms with van der Waals surface area (Å²) in [6.45, 7) is 8.14. The molecule has 0 aromatic heterocycles. The van der Waals surface area contributed by atoms with Crippen molar-refractivity contribution >= 4 is 5.78 Å². The van der Waals surface area contributed by atoms with Gasteiger partial charge in [-0.1, -0.05) is 0 Å². The summed E-state index contributed by atoms with van der Waals surface area (Å²) in [5.41, 5.74) is 0.647. The van der Waals surface area contributed by atoms with Gasteiger partial charge in [-0.2, -0.15) is 0 Å². The Labute approximate surface area is 127 Å². The molecule has 1 saturated heterocycles. The molecule has 1 aliphatic heterocycles. The highest BCUT2D eigenvalue weighted by Gasteiger charge is 2.23. The zero-order valence-corrected chi connectivity index (χ0v) is 13.4. The van der Waals surface area contributed by atoms with Crippen molar-refractivity contribution in [2.24, 2.45) is 0 Å². The van der Waals surface area contributed by atoms with E-state index >= 15 is 0 Å². The number of hydrogen-bond donors (Lipinski definition) is 0. The van der Waals surface area contributed by atoms with Gasteiger partial charge in [-0.05, 0) is 51.8 Å². The molecular formula is C17H25NO3. The number of likely N-dealkylation sites (tertiary alicyclic amines) is 1. The summed E-state index contributed by atoms with van der Waals surface area (Å²) in [6.07, 6.45) is 2.27. The summed E-state index contributed by atoms with van der Waals surface area (Å²) < 4.78 is 11.4. The van der Waals surface area contributed by atoms with Gasteiger partial charge in [-0.15, -0.1) is 0 Å². The van der Waals surface area contributed by atoms with Crippen LogP contribution in [0.1, 0.15) is 44.0 Å². The van der Waals surface area contributed by atoms with E-state index < -0.39 is 0 Å². The molecule has 21 heavy (non-hydrogen) atoms. The molecule has 0 amide bonds. The SMILES string of the molecule is COc1cc(C(C)=O)ccc1OC1CCN(C(C)C)CC1. The lowest BCUT2D eigenvalue weighted by Crippen LogP contribution is -2.41. The van der Waals surface area contributed by atoms with Crippen LogP contribution < -0.4 is 9.47 Å². The van der Waals surface area contributed by atoms with E-state index in [0.717, 1.165) is 31.7 Å². The molecule has 0 N–H and O–H groups in total. The predicted molar refractivity (Wildman–Crippen MR) is 83.4 cm³/mol. The highest BCUT2D eigenvalue weighted by molar-refractivity contribution is 5.94. The topological polar surface area (TPSA) is 38.8 Å². The Bertz CT molecular complexity index is 491. The predicted octanol–water partition coefficient (Wildman–Crippen LogP) is 3.15. The highest BCUT2D eigenvalue weighted by atomic mass is 16.5. The van der Waals surface area contributed by atoms with Crippen LogP contribution in [-0.4, -0.2) is 43.0 Å². The fourth-order valence-electron chi connectivity index (χ4n) is 2.67. The summed E-state index contributed by atoms with van der Waals surface area (Å²) in [4.78, 5) is 13.9. The van der Waals surface area contributed by atoms with Gasteiger partial charge in [0.1, 0.15) is 6.10 Å². The molecule has 4 nitrogen and oxygen atoms in total. The quantitative estimate of drug-likeness (QED) is 0.781. The summed E-state index contributed by atoms with van der Waals surface area (Å²) in [5, 5.41) is 0. The smallest absolute Gasteiger partial charge is 0.161 e. The summed E-state index contributed by atoms with van der Waals surface area (Å²) in [5.74, 6) is 1.39. The molecular weight excluding hydrogens is 266 g/mol. The molecule has 0 spiro atoms. The molecule has 0 radical (unpaired) electrons. The van der Waals surface area contributed by atoms with Gasteiger partial charge in [0.25, 0.3) is 0 Å². The number of piperidine rings is 1. The largest absolute Gasteiger partial charge is 0.493 e. The maximum Gasteiger partial charge on any atom is 0.161 e. The van der Waals surface area contributed by atoms with Crippen LogP contribution in [0.25, 0.3) is 0 Å². The van der Waals surface area contributed by atoms with Crippen LogP contribution in [-0.2, 0) is 0 Å². The van der Waals surface area contributed by atoms with Gasteiger partial charge in [-0.3, -0.25) is 4.79 Å². The van der Waals surface area contributed by atoms with Crippen molar-refractivity contribution in [3.05, 3.63) is 23.8 Å². The Morgan fingerprint density at radius 3 is 2.43 bits per heavy atom. The third kappa shape index (κ3) is 3.97. The Morgan fingerprint density at radius 1 is 1.24 bits per heavy atom. The Kier molecular flexibility index (Phi) is 5.23. The summed E-state index contributed by atoms with van der Waals surface area (Å²) in [7, 11) is 1.60. The number of nitrogens with zero attached hydrogens (tertiary/aromatic N) is 1. The second-order valence-electron chi connectivity index (χ2n) is 5.87. The van der Waals surface area contributed by atoms with Crippen molar-refractivity contribution in [3.63, 3.8) is 0 Å². The first-order valence-corrected chi connectivity index (χ1v) is 7.61. The summed E-state index contributed by atoms with van der Waals surface area (Å²) >= 11 is 0. The number of ketones is 1. The lowest BCUT2D eigenvalue weighted by atomic mass is 10.1. The van der Waals surface area contributed by atoms with Crippen LogP contribution in [0.15, 0.2) is 18.2 Å². The van der Waals surface area contributed by atoms with Gasteiger partial charge in [0.05, 0.1) is 7.11 Å². The molecule has 116 valence electrons. The van der Waals surface area contributed by atoms with Crippen LogP contribution in [0.2, 0.25) is 0 Å². The number of carbonyl (C=O) groups excluding carboxylic acids is 1. The number of Topliss-reactive ketones (excluding diaryl/α,β-unsaturated/α-hetero) is 1. The first-order chi connectivity index (χ1) is 10.0. The average Bonchev–Trinajstić information content (AvgIpc) is 2.48. The molecule has 1 aliphatic rings. The molecule has 0 aliphatic carbocycles. The maximum absolute atomic E-state index is 11.4. The normalized spacial score (nSPS) is 17.0. The van der Waals surface area contributed by atoms with Crippen molar-refractivity contribution in [2.75, 3.05) is 20.2 Å². The lowest BCUT2D eigenvalue weighted by Gasteiger charge is -2.34. The van der Waals surface area contributed by atoms with Gasteiger partial charge in [-0.25, -0.2) is 0 Å². The van der Waals surface area contributed by atoms with Crippen LogP contribution in [0.3, 0.4) is 0 Å². The Morgan fingerprint density at radius 2 is 1.90 bits per heavy atom. The average molecular weight is 291 g/mol. The lowest BCUT2D eigenvalue weighted by molar-refractivity contribution is 0.0822. The molecule has 0 saturated carbocycles. The summed E-state index contributed by atoms with van der Waals surface area (Å²) in [6, 6.07) is 5.98. The molecule has 1 fully saturated rings. The number of hydrogen-bond acceptors (Lipinski definition) is 4. The molecule has 0 atom stereocenters. The third-order valence-corrected chi connectivity index (χ3v) is 4.07. The fourth-order valence-corrected chi connectivity index (χ4v) is 2.67.